The molecule has 0 saturated carbocycles. The summed E-state index contributed by atoms with van der Waals surface area (Å²) in [6, 6.07) is 8.72. The van der Waals surface area contributed by atoms with Gasteiger partial charge in [-0.3, -0.25) is 9.59 Å². The zero-order valence-electron chi connectivity index (χ0n) is 14.3. The number of nitrogens with one attached hydrogen (secondary N) is 1. The van der Waals surface area contributed by atoms with Crippen LogP contribution in [0.5, 0.6) is 0 Å². The number of fused-ring (bicyclic) bond motifs is 1. The fourth-order valence-corrected chi connectivity index (χ4v) is 3.32. The van der Waals surface area contributed by atoms with Crippen molar-refractivity contribution in [3.8, 4) is 0 Å². The van der Waals surface area contributed by atoms with E-state index in [1.807, 2.05) is 0 Å². The van der Waals surface area contributed by atoms with Crippen LogP contribution in [-0.2, 0) is 17.5 Å². The van der Waals surface area contributed by atoms with Crippen molar-refractivity contribution in [3.63, 3.8) is 0 Å². The van der Waals surface area contributed by atoms with Gasteiger partial charge in [0.1, 0.15) is 11.3 Å². The number of halogens is 5. The predicted octanol–water partition coefficient (Wildman–Crippen LogP) is 5.20. The Hall–Kier alpha value is -2.58. The van der Waals surface area contributed by atoms with Gasteiger partial charge < -0.3 is 9.88 Å². The molecule has 28 heavy (non-hydrogen) atoms. The number of ketones is 1. The molecule has 3 aromatic rings. The van der Waals surface area contributed by atoms with Gasteiger partial charge in [-0.2, -0.15) is 13.2 Å². The fraction of sp³-hybridized carbons (Fsp3) is 0.167. The van der Waals surface area contributed by atoms with Crippen molar-refractivity contribution in [1.82, 2.24) is 9.55 Å². The van der Waals surface area contributed by atoms with Crippen LogP contribution < -0.4 is 5.32 Å². The molecule has 0 radical (unpaired) electrons. The van der Waals surface area contributed by atoms with Gasteiger partial charge in [-0.25, -0.2) is 4.98 Å². The van der Waals surface area contributed by atoms with Gasteiger partial charge in [-0.1, -0.05) is 35.3 Å². The van der Waals surface area contributed by atoms with Gasteiger partial charge in [0.15, 0.2) is 0 Å². The Morgan fingerprint density at radius 2 is 1.71 bits per heavy atom. The molecule has 1 amide bonds. The standard InChI is InChI=1S/C18H12Cl2F3N3O2/c1-9(27)8-26-13-7-3-6-12(15(13)25-17(26)18(21,22)23)24-16(28)14-10(19)4-2-5-11(14)20/h2-7H,8H2,1H3,(H,24,28). The molecule has 5 nitrogen and oxygen atoms in total. The highest BCUT2D eigenvalue weighted by molar-refractivity contribution is 6.40. The first-order valence-electron chi connectivity index (χ1n) is 7.91. The number of hydrogen-bond acceptors (Lipinski definition) is 3. The lowest BCUT2D eigenvalue weighted by molar-refractivity contribution is -0.147. The number of Topliss-reactive ketones (excluding diaryl/α,β-unsaturated/α-hetero) is 1. The summed E-state index contributed by atoms with van der Waals surface area (Å²) in [6.45, 7) is 0.677. The highest BCUT2D eigenvalue weighted by Crippen LogP contribution is 2.34. The number of rotatable bonds is 4. The van der Waals surface area contributed by atoms with Crippen molar-refractivity contribution in [2.24, 2.45) is 0 Å². The summed E-state index contributed by atoms with van der Waals surface area (Å²) >= 11 is 12.0. The molecule has 0 bridgehead atoms. The molecule has 0 aliphatic heterocycles. The number of benzene rings is 2. The molecule has 0 unspecified atom stereocenters. The molecule has 0 fully saturated rings. The molecule has 0 aliphatic rings. The normalized spacial score (nSPS) is 11.6. The minimum atomic E-state index is -4.78. The van der Waals surface area contributed by atoms with E-state index in [0.29, 0.717) is 0 Å². The molecule has 1 aromatic heterocycles. The van der Waals surface area contributed by atoms with E-state index >= 15 is 0 Å². The van der Waals surface area contributed by atoms with Crippen molar-refractivity contribution in [1.29, 1.82) is 0 Å². The van der Waals surface area contributed by atoms with Crippen LogP contribution in [0.2, 0.25) is 10.0 Å². The zero-order valence-corrected chi connectivity index (χ0v) is 15.8. The van der Waals surface area contributed by atoms with Crippen LogP contribution in [0.3, 0.4) is 0 Å². The summed E-state index contributed by atoms with van der Waals surface area (Å²) in [5, 5.41) is 2.68. The van der Waals surface area contributed by atoms with E-state index in [-0.39, 0.29) is 32.3 Å². The molecule has 10 heteroatoms. The lowest BCUT2D eigenvalue weighted by Crippen LogP contribution is -2.17. The largest absolute Gasteiger partial charge is 0.449 e. The lowest BCUT2D eigenvalue weighted by Gasteiger charge is -2.10. The quantitative estimate of drug-likeness (QED) is 0.619. The molecule has 0 aliphatic carbocycles. The summed E-state index contributed by atoms with van der Waals surface area (Å²) in [4.78, 5) is 27.7. The van der Waals surface area contributed by atoms with Gasteiger partial charge in [-0.05, 0) is 31.2 Å². The maximum Gasteiger partial charge on any atom is 0.449 e. The number of alkyl halides is 3. The molecule has 0 saturated heterocycles. The summed E-state index contributed by atoms with van der Waals surface area (Å²) in [5.41, 5.74) is -0.0217. The number of amides is 1. The molecule has 0 atom stereocenters. The van der Waals surface area contributed by atoms with Gasteiger partial charge in [-0.15, -0.1) is 0 Å². The number of aromatic nitrogens is 2. The minimum Gasteiger partial charge on any atom is -0.320 e. The van der Waals surface area contributed by atoms with E-state index in [4.69, 9.17) is 23.2 Å². The number of para-hydroxylation sites is 1. The topological polar surface area (TPSA) is 64.0 Å². The van der Waals surface area contributed by atoms with Crippen molar-refractivity contribution in [2.75, 3.05) is 5.32 Å². The second-order valence-corrected chi connectivity index (χ2v) is 6.76. The van der Waals surface area contributed by atoms with E-state index < -0.39 is 30.2 Å². The monoisotopic (exact) mass is 429 g/mol. The first-order chi connectivity index (χ1) is 13.1. The molecule has 2 aromatic carbocycles. The smallest absolute Gasteiger partial charge is 0.320 e. The predicted molar refractivity (Wildman–Crippen MR) is 99.8 cm³/mol. The van der Waals surface area contributed by atoms with Crippen LogP contribution >= 0.6 is 23.2 Å². The Labute approximate surface area is 167 Å². The van der Waals surface area contributed by atoms with Gasteiger partial charge in [0.2, 0.25) is 5.82 Å². The summed E-state index contributed by atoms with van der Waals surface area (Å²) in [7, 11) is 0. The third-order valence-corrected chi connectivity index (χ3v) is 4.48. The average Bonchev–Trinajstić information content (AvgIpc) is 2.94. The Balaban J connectivity index is 2.11. The van der Waals surface area contributed by atoms with E-state index in [0.717, 1.165) is 4.57 Å². The van der Waals surface area contributed by atoms with E-state index in [1.165, 1.54) is 37.3 Å². The van der Waals surface area contributed by atoms with Gasteiger partial charge in [0, 0.05) is 0 Å². The average molecular weight is 430 g/mol. The summed E-state index contributed by atoms with van der Waals surface area (Å²) in [6.07, 6.45) is -4.78. The van der Waals surface area contributed by atoms with E-state index in [1.54, 1.807) is 6.07 Å². The van der Waals surface area contributed by atoms with Crippen LogP contribution in [0.1, 0.15) is 23.1 Å². The maximum atomic E-state index is 13.4. The number of imidazole rings is 1. The molecule has 1 N–H and O–H groups in total. The number of hydrogen-bond donors (Lipinski definition) is 1. The Morgan fingerprint density at radius 1 is 1.11 bits per heavy atom. The second-order valence-electron chi connectivity index (χ2n) is 5.95. The fourth-order valence-electron chi connectivity index (χ4n) is 2.75. The SMILES string of the molecule is CC(=O)Cn1c(C(F)(F)F)nc2c(NC(=O)c3c(Cl)cccc3Cl)cccc21. The minimum absolute atomic E-state index is 0.0120. The Morgan fingerprint density at radius 3 is 2.29 bits per heavy atom. The number of carbonyl (C=O) groups excluding carboxylic acids is 2. The van der Waals surface area contributed by atoms with Crippen molar-refractivity contribution in [2.45, 2.75) is 19.6 Å². The Kier molecular flexibility index (Phi) is 5.36. The van der Waals surface area contributed by atoms with Crippen LogP contribution in [0.15, 0.2) is 36.4 Å². The van der Waals surface area contributed by atoms with Crippen LogP contribution in [0.25, 0.3) is 11.0 Å². The first kappa shape index (κ1) is 20.2. The van der Waals surface area contributed by atoms with E-state index in [2.05, 4.69) is 10.3 Å². The summed E-state index contributed by atoms with van der Waals surface area (Å²) < 4.78 is 40.9. The number of nitrogens with zero attached hydrogens (tertiary/aromatic N) is 2. The Bertz CT molecular complexity index is 1070. The molecule has 146 valence electrons. The third-order valence-electron chi connectivity index (χ3n) is 3.85. The van der Waals surface area contributed by atoms with Crippen LogP contribution in [0, 0.1) is 0 Å². The number of anilines is 1. The molecular formula is C18H12Cl2F3N3O2. The summed E-state index contributed by atoms with van der Waals surface area (Å²) in [5.74, 6) is -2.39. The second kappa shape index (κ2) is 7.44. The highest BCUT2D eigenvalue weighted by Gasteiger charge is 2.38. The molecule has 0 spiro atoms. The van der Waals surface area contributed by atoms with Crippen LogP contribution in [-0.4, -0.2) is 21.2 Å². The molecule has 3 rings (SSSR count). The van der Waals surface area contributed by atoms with Gasteiger partial charge in [0.05, 0.1) is 33.4 Å². The zero-order chi connectivity index (χ0) is 20.6. The molecular weight excluding hydrogens is 418 g/mol. The molecule has 1 heterocycles. The van der Waals surface area contributed by atoms with E-state index in [9.17, 15) is 22.8 Å². The van der Waals surface area contributed by atoms with Gasteiger partial charge >= 0.3 is 6.18 Å². The van der Waals surface area contributed by atoms with Crippen molar-refractivity contribution >= 4 is 51.6 Å². The van der Waals surface area contributed by atoms with Crippen LogP contribution in [0.4, 0.5) is 18.9 Å². The lowest BCUT2D eigenvalue weighted by atomic mass is 10.2. The van der Waals surface area contributed by atoms with Gasteiger partial charge in [0.25, 0.3) is 5.91 Å². The van der Waals surface area contributed by atoms with Crippen molar-refractivity contribution < 1.29 is 22.8 Å². The maximum absolute atomic E-state index is 13.4. The first-order valence-corrected chi connectivity index (χ1v) is 8.66. The third kappa shape index (κ3) is 3.83. The highest BCUT2D eigenvalue weighted by atomic mass is 35.5. The number of carbonyl (C=O) groups is 2. The van der Waals surface area contributed by atoms with Crippen molar-refractivity contribution in [3.05, 3.63) is 57.8 Å².